The average molecular weight is 237 g/mol. The van der Waals surface area contributed by atoms with E-state index < -0.39 is 17.6 Å². The summed E-state index contributed by atoms with van der Waals surface area (Å²) in [6.07, 6.45) is 2.85. The van der Waals surface area contributed by atoms with Gasteiger partial charge < -0.3 is 10.0 Å². The van der Waals surface area contributed by atoms with Crippen LogP contribution in [-0.4, -0.2) is 28.3 Å². The fraction of sp³-hybridized carbons (Fsp3) is 0.333. The third kappa shape index (κ3) is 2.00. The first kappa shape index (κ1) is 11.6. The highest BCUT2D eigenvalue weighted by atomic mass is 19.1. The highest BCUT2D eigenvalue weighted by Gasteiger charge is 2.28. The minimum atomic E-state index is -1.01. The highest BCUT2D eigenvalue weighted by Crippen LogP contribution is 2.33. The minimum Gasteiger partial charge on any atom is -0.478 e. The first-order valence-electron chi connectivity index (χ1n) is 5.36. The van der Waals surface area contributed by atoms with Gasteiger partial charge in [-0.05, 0) is 18.6 Å². The zero-order chi connectivity index (χ0) is 12.6. The molecule has 2 aliphatic rings. The van der Waals surface area contributed by atoms with Crippen LogP contribution in [-0.2, 0) is 9.59 Å². The van der Waals surface area contributed by atoms with E-state index in [-0.39, 0.29) is 18.4 Å². The van der Waals surface area contributed by atoms with Gasteiger partial charge in [-0.1, -0.05) is 0 Å². The molecule has 0 unspecified atom stereocenters. The zero-order valence-corrected chi connectivity index (χ0v) is 9.36. The Bertz CT molecular complexity index is 488. The number of halogens is 1. The molecule has 0 aromatic carbocycles. The molecule has 0 amide bonds. The highest BCUT2D eigenvalue weighted by molar-refractivity contribution is 5.97. The van der Waals surface area contributed by atoms with Crippen molar-refractivity contribution in [2.24, 2.45) is 0 Å². The summed E-state index contributed by atoms with van der Waals surface area (Å²) in [6, 6.07) is 0. The molecule has 0 saturated heterocycles. The summed E-state index contributed by atoms with van der Waals surface area (Å²) in [6.45, 7) is 2.41. The van der Waals surface area contributed by atoms with Crippen LogP contribution in [0.1, 0.15) is 19.8 Å². The minimum absolute atomic E-state index is 0.00884. The number of carboxylic acids is 1. The predicted octanol–water partition coefficient (Wildman–Crippen LogP) is 1.76. The molecule has 0 atom stereocenters. The quantitative estimate of drug-likeness (QED) is 0.795. The van der Waals surface area contributed by atoms with Gasteiger partial charge in [-0.25, -0.2) is 9.18 Å². The molecular weight excluding hydrogens is 225 g/mol. The summed E-state index contributed by atoms with van der Waals surface area (Å²) in [5, 5.41) is 8.96. The molecule has 90 valence electrons. The van der Waals surface area contributed by atoms with Crippen LogP contribution in [0.3, 0.4) is 0 Å². The van der Waals surface area contributed by atoms with Crippen molar-refractivity contribution < 1.29 is 19.1 Å². The van der Waals surface area contributed by atoms with Crippen molar-refractivity contribution in [1.82, 2.24) is 4.90 Å². The summed E-state index contributed by atoms with van der Waals surface area (Å²) in [5.41, 5.74) is 1.51. The molecular formula is C12H12FNO3. The van der Waals surface area contributed by atoms with E-state index >= 15 is 0 Å². The van der Waals surface area contributed by atoms with Gasteiger partial charge in [0.15, 0.2) is 11.6 Å². The van der Waals surface area contributed by atoms with Gasteiger partial charge in [0.25, 0.3) is 0 Å². The van der Waals surface area contributed by atoms with Crippen LogP contribution in [0.4, 0.5) is 4.39 Å². The van der Waals surface area contributed by atoms with E-state index in [1.165, 1.54) is 6.20 Å². The molecule has 0 spiro atoms. The van der Waals surface area contributed by atoms with Gasteiger partial charge in [-0.15, -0.1) is 0 Å². The van der Waals surface area contributed by atoms with Gasteiger partial charge >= 0.3 is 5.97 Å². The normalized spacial score (nSPS) is 19.9. The Morgan fingerprint density at radius 3 is 2.82 bits per heavy atom. The standard InChI is InChI=1S/C12H12FNO3/c1-2-14-6-8(12(16)17)3-7-4-9(13)11(15)5-10(7)14/h4,6H,2-3,5H2,1H3,(H,16,17). The molecule has 1 heterocycles. The van der Waals surface area contributed by atoms with Crippen LogP contribution in [0.15, 0.2) is 34.9 Å². The molecule has 5 heteroatoms. The summed E-state index contributed by atoms with van der Waals surface area (Å²) >= 11 is 0. The van der Waals surface area contributed by atoms with Crippen LogP contribution in [0.25, 0.3) is 0 Å². The average Bonchev–Trinajstić information content (AvgIpc) is 2.29. The third-order valence-electron chi connectivity index (χ3n) is 2.92. The number of allylic oxidation sites excluding steroid dienone is 4. The van der Waals surface area contributed by atoms with Gasteiger partial charge in [0.2, 0.25) is 0 Å². The Kier molecular flexibility index (Phi) is 2.83. The SMILES string of the molecule is CCN1C=C(C(=O)O)CC2=C1CC(=O)C(F)=C2. The largest absolute Gasteiger partial charge is 0.478 e. The van der Waals surface area contributed by atoms with Gasteiger partial charge in [-0.3, -0.25) is 4.79 Å². The number of hydrogen-bond donors (Lipinski definition) is 1. The molecule has 1 aliphatic carbocycles. The second-order valence-electron chi connectivity index (χ2n) is 3.99. The summed E-state index contributed by atoms with van der Waals surface area (Å²) < 4.78 is 13.2. The summed E-state index contributed by atoms with van der Waals surface area (Å²) in [5.74, 6) is -2.35. The number of ketones is 1. The van der Waals surface area contributed by atoms with Crippen molar-refractivity contribution in [3.05, 3.63) is 34.9 Å². The maximum Gasteiger partial charge on any atom is 0.333 e. The first-order valence-corrected chi connectivity index (χ1v) is 5.36. The second-order valence-corrected chi connectivity index (χ2v) is 3.99. The molecule has 1 aliphatic heterocycles. The molecule has 2 rings (SSSR count). The molecule has 0 aromatic rings. The van der Waals surface area contributed by atoms with Crippen molar-refractivity contribution >= 4 is 11.8 Å². The van der Waals surface area contributed by atoms with Crippen LogP contribution < -0.4 is 0 Å². The Labute approximate surface area is 97.7 Å². The molecule has 0 saturated carbocycles. The van der Waals surface area contributed by atoms with E-state index in [0.29, 0.717) is 17.8 Å². The number of aliphatic carboxylic acids is 1. The first-order chi connectivity index (χ1) is 8.02. The molecule has 0 radical (unpaired) electrons. The second kappa shape index (κ2) is 4.16. The number of carbonyl (C=O) groups excluding carboxylic acids is 1. The number of carboxylic acid groups (broad SMARTS) is 1. The number of Topliss-reactive ketones (excluding diaryl/α,β-unsaturated/α-hetero) is 1. The van der Waals surface area contributed by atoms with Crippen LogP contribution >= 0.6 is 0 Å². The lowest BCUT2D eigenvalue weighted by Crippen LogP contribution is -2.27. The molecule has 1 N–H and O–H groups in total. The Morgan fingerprint density at radius 2 is 2.24 bits per heavy atom. The smallest absolute Gasteiger partial charge is 0.333 e. The van der Waals surface area contributed by atoms with E-state index in [9.17, 15) is 14.0 Å². The maximum absolute atomic E-state index is 13.2. The number of hydrogen-bond acceptors (Lipinski definition) is 3. The monoisotopic (exact) mass is 237 g/mol. The summed E-state index contributed by atoms with van der Waals surface area (Å²) in [4.78, 5) is 23.9. The van der Waals surface area contributed by atoms with E-state index in [0.717, 1.165) is 6.08 Å². The van der Waals surface area contributed by atoms with E-state index in [1.807, 2.05) is 6.92 Å². The lowest BCUT2D eigenvalue weighted by Gasteiger charge is -2.30. The van der Waals surface area contributed by atoms with Gasteiger partial charge in [0, 0.05) is 24.9 Å². The van der Waals surface area contributed by atoms with Crippen molar-refractivity contribution in [3.8, 4) is 0 Å². The topological polar surface area (TPSA) is 57.6 Å². The lowest BCUT2D eigenvalue weighted by atomic mass is 9.92. The fourth-order valence-corrected chi connectivity index (χ4v) is 2.04. The van der Waals surface area contributed by atoms with E-state index in [2.05, 4.69) is 0 Å². The number of nitrogens with zero attached hydrogens (tertiary/aromatic N) is 1. The van der Waals surface area contributed by atoms with Crippen molar-refractivity contribution in [2.75, 3.05) is 6.54 Å². The molecule has 0 fully saturated rings. The van der Waals surface area contributed by atoms with Crippen LogP contribution in [0.5, 0.6) is 0 Å². The number of carbonyl (C=O) groups is 2. The van der Waals surface area contributed by atoms with Gasteiger partial charge in [0.05, 0.1) is 12.0 Å². The molecule has 4 nitrogen and oxygen atoms in total. The zero-order valence-electron chi connectivity index (χ0n) is 9.36. The van der Waals surface area contributed by atoms with Crippen molar-refractivity contribution in [2.45, 2.75) is 19.8 Å². The molecule has 17 heavy (non-hydrogen) atoms. The fourth-order valence-electron chi connectivity index (χ4n) is 2.04. The molecule has 0 bridgehead atoms. The van der Waals surface area contributed by atoms with Crippen molar-refractivity contribution in [3.63, 3.8) is 0 Å². The predicted molar refractivity (Wildman–Crippen MR) is 58.6 cm³/mol. The maximum atomic E-state index is 13.2. The van der Waals surface area contributed by atoms with Crippen LogP contribution in [0.2, 0.25) is 0 Å². The Morgan fingerprint density at radius 1 is 1.53 bits per heavy atom. The van der Waals surface area contributed by atoms with Gasteiger partial charge in [0.1, 0.15) is 0 Å². The Hall–Kier alpha value is -1.91. The Balaban J connectivity index is 2.39. The van der Waals surface area contributed by atoms with Crippen molar-refractivity contribution in [1.29, 1.82) is 0 Å². The summed E-state index contributed by atoms with van der Waals surface area (Å²) in [7, 11) is 0. The lowest BCUT2D eigenvalue weighted by molar-refractivity contribution is -0.132. The number of rotatable bonds is 2. The van der Waals surface area contributed by atoms with Gasteiger partial charge in [-0.2, -0.15) is 0 Å². The van der Waals surface area contributed by atoms with E-state index in [4.69, 9.17) is 5.11 Å². The van der Waals surface area contributed by atoms with Crippen LogP contribution in [0, 0.1) is 0 Å². The van der Waals surface area contributed by atoms with E-state index in [1.54, 1.807) is 4.90 Å². The third-order valence-corrected chi connectivity index (χ3v) is 2.92. The molecule has 0 aromatic heterocycles.